The van der Waals surface area contributed by atoms with Crippen LogP contribution >= 0.6 is 0 Å². The molecule has 0 saturated carbocycles. The van der Waals surface area contributed by atoms with Gasteiger partial charge < -0.3 is 4.42 Å². The second-order valence-corrected chi connectivity index (χ2v) is 6.24. The Bertz CT molecular complexity index is 997. The van der Waals surface area contributed by atoms with E-state index in [2.05, 4.69) is 55.0 Å². The number of fused-ring (bicyclic) bond motifs is 3. The van der Waals surface area contributed by atoms with Gasteiger partial charge in [-0.1, -0.05) is 32.0 Å². The summed E-state index contributed by atoms with van der Waals surface area (Å²) in [4.78, 5) is 8.83. The van der Waals surface area contributed by atoms with E-state index in [1.165, 1.54) is 5.56 Å². The molecule has 3 heterocycles. The molecule has 3 heteroatoms. The summed E-state index contributed by atoms with van der Waals surface area (Å²) >= 11 is 0. The minimum absolute atomic E-state index is 0.478. The van der Waals surface area contributed by atoms with Gasteiger partial charge >= 0.3 is 0 Å². The first-order valence-corrected chi connectivity index (χ1v) is 7.87. The topological polar surface area (TPSA) is 38.9 Å². The Labute approximate surface area is 135 Å². The number of benzene rings is 1. The van der Waals surface area contributed by atoms with E-state index in [4.69, 9.17) is 4.42 Å². The Hall–Kier alpha value is -2.68. The van der Waals surface area contributed by atoms with Crippen molar-refractivity contribution in [3.05, 3.63) is 60.0 Å². The Morgan fingerprint density at radius 1 is 0.957 bits per heavy atom. The van der Waals surface area contributed by atoms with E-state index in [9.17, 15) is 0 Å². The third-order valence-electron chi connectivity index (χ3n) is 4.36. The van der Waals surface area contributed by atoms with Crippen LogP contribution in [0.5, 0.6) is 0 Å². The molecule has 0 saturated heterocycles. The molecule has 23 heavy (non-hydrogen) atoms. The van der Waals surface area contributed by atoms with Gasteiger partial charge in [-0.15, -0.1) is 0 Å². The van der Waals surface area contributed by atoms with Gasteiger partial charge in [-0.05, 0) is 36.1 Å². The van der Waals surface area contributed by atoms with Crippen molar-refractivity contribution in [3.63, 3.8) is 0 Å². The van der Waals surface area contributed by atoms with Crippen molar-refractivity contribution in [2.45, 2.75) is 26.7 Å². The summed E-state index contributed by atoms with van der Waals surface area (Å²) in [6.45, 7) is 6.45. The molecule has 0 spiro atoms. The Morgan fingerprint density at radius 2 is 1.83 bits per heavy atom. The maximum Gasteiger partial charge on any atom is 0.153 e. The fraction of sp³-hybridized carbons (Fsp3) is 0.200. The number of hydrogen-bond donors (Lipinski definition) is 0. The molecule has 3 nitrogen and oxygen atoms in total. The fourth-order valence-corrected chi connectivity index (χ4v) is 3.01. The van der Waals surface area contributed by atoms with Crippen LogP contribution in [0, 0.1) is 6.92 Å². The van der Waals surface area contributed by atoms with E-state index < -0.39 is 0 Å². The molecule has 114 valence electrons. The van der Waals surface area contributed by atoms with Crippen LogP contribution in [0.1, 0.15) is 30.9 Å². The van der Waals surface area contributed by atoms with Crippen LogP contribution in [-0.2, 0) is 0 Å². The number of rotatable bonds is 2. The van der Waals surface area contributed by atoms with Crippen molar-refractivity contribution in [1.29, 1.82) is 0 Å². The van der Waals surface area contributed by atoms with Gasteiger partial charge in [0.25, 0.3) is 0 Å². The monoisotopic (exact) mass is 302 g/mol. The van der Waals surface area contributed by atoms with Crippen molar-refractivity contribution in [3.8, 4) is 11.3 Å². The second kappa shape index (κ2) is 5.20. The van der Waals surface area contributed by atoms with Gasteiger partial charge in [0.2, 0.25) is 0 Å². The fourth-order valence-electron chi connectivity index (χ4n) is 3.01. The second-order valence-electron chi connectivity index (χ2n) is 6.24. The SMILES string of the molecule is Cc1ccc2c(oc3cnccc32)c1-c1ccc(C(C)C)cn1. The van der Waals surface area contributed by atoms with Crippen LogP contribution in [0.2, 0.25) is 0 Å². The maximum atomic E-state index is 6.09. The average molecular weight is 302 g/mol. The summed E-state index contributed by atoms with van der Waals surface area (Å²) in [5, 5.41) is 2.20. The molecule has 0 aliphatic rings. The molecule has 0 fully saturated rings. The highest BCUT2D eigenvalue weighted by molar-refractivity contribution is 6.09. The first kappa shape index (κ1) is 13.9. The molecule has 0 amide bonds. The van der Waals surface area contributed by atoms with E-state index in [1.807, 2.05) is 12.3 Å². The smallest absolute Gasteiger partial charge is 0.153 e. The van der Waals surface area contributed by atoms with Crippen molar-refractivity contribution in [1.82, 2.24) is 9.97 Å². The van der Waals surface area contributed by atoms with Crippen LogP contribution in [0.4, 0.5) is 0 Å². The number of aromatic nitrogens is 2. The summed E-state index contributed by atoms with van der Waals surface area (Å²) in [6, 6.07) is 10.5. The van der Waals surface area contributed by atoms with Gasteiger partial charge in [0, 0.05) is 28.7 Å². The van der Waals surface area contributed by atoms with Gasteiger partial charge in [-0.25, -0.2) is 0 Å². The molecule has 0 bridgehead atoms. The van der Waals surface area contributed by atoms with Crippen LogP contribution in [0.15, 0.2) is 53.3 Å². The molecule has 3 aromatic heterocycles. The van der Waals surface area contributed by atoms with Crippen LogP contribution in [0.25, 0.3) is 33.2 Å². The average Bonchev–Trinajstić information content (AvgIpc) is 2.93. The highest BCUT2D eigenvalue weighted by Gasteiger charge is 2.15. The predicted octanol–water partition coefficient (Wildman–Crippen LogP) is 5.47. The number of aryl methyl sites for hydroxylation is 1. The highest BCUT2D eigenvalue weighted by atomic mass is 16.3. The zero-order valence-corrected chi connectivity index (χ0v) is 13.5. The van der Waals surface area contributed by atoms with Gasteiger partial charge in [0.05, 0.1) is 11.9 Å². The quantitative estimate of drug-likeness (QED) is 0.492. The molecule has 0 aliphatic carbocycles. The highest BCUT2D eigenvalue weighted by Crippen LogP contribution is 2.36. The van der Waals surface area contributed by atoms with E-state index in [0.29, 0.717) is 5.92 Å². The van der Waals surface area contributed by atoms with E-state index in [-0.39, 0.29) is 0 Å². The summed E-state index contributed by atoms with van der Waals surface area (Å²) in [6.07, 6.45) is 5.53. The first-order chi connectivity index (χ1) is 11.1. The van der Waals surface area contributed by atoms with Crippen LogP contribution in [0.3, 0.4) is 0 Å². The molecule has 0 aliphatic heterocycles. The van der Waals surface area contributed by atoms with E-state index in [0.717, 1.165) is 38.8 Å². The molecule has 4 aromatic rings. The summed E-state index contributed by atoms with van der Waals surface area (Å²) in [7, 11) is 0. The summed E-state index contributed by atoms with van der Waals surface area (Å²) in [5.74, 6) is 0.478. The molecule has 1 aromatic carbocycles. The predicted molar refractivity (Wildman–Crippen MR) is 93.6 cm³/mol. The molecule has 4 rings (SSSR count). The standard InChI is InChI=1S/C20H18N2O/c1-12(2)14-5-7-17(22-10-14)19-13(3)4-6-16-15-8-9-21-11-18(15)23-20(16)19/h4-12H,1-3H3. The lowest BCUT2D eigenvalue weighted by molar-refractivity contribution is 0.667. The Balaban J connectivity index is 2.00. The van der Waals surface area contributed by atoms with Gasteiger partial charge in [-0.2, -0.15) is 0 Å². The third kappa shape index (κ3) is 2.20. The lowest BCUT2D eigenvalue weighted by Gasteiger charge is -2.09. The largest absolute Gasteiger partial charge is 0.454 e. The lowest BCUT2D eigenvalue weighted by atomic mass is 9.99. The molecule has 0 atom stereocenters. The Kier molecular flexibility index (Phi) is 3.15. The minimum Gasteiger partial charge on any atom is -0.454 e. The van der Waals surface area contributed by atoms with Crippen molar-refractivity contribution >= 4 is 21.9 Å². The summed E-state index contributed by atoms with van der Waals surface area (Å²) < 4.78 is 6.09. The Morgan fingerprint density at radius 3 is 2.57 bits per heavy atom. The lowest BCUT2D eigenvalue weighted by Crippen LogP contribution is -1.92. The van der Waals surface area contributed by atoms with Crippen molar-refractivity contribution in [2.24, 2.45) is 0 Å². The van der Waals surface area contributed by atoms with Gasteiger partial charge in [-0.3, -0.25) is 9.97 Å². The van der Waals surface area contributed by atoms with Gasteiger partial charge in [0.1, 0.15) is 5.58 Å². The molecule has 0 N–H and O–H groups in total. The zero-order valence-electron chi connectivity index (χ0n) is 13.5. The van der Waals surface area contributed by atoms with Gasteiger partial charge in [0.15, 0.2) is 5.58 Å². The summed E-state index contributed by atoms with van der Waals surface area (Å²) in [5.41, 5.74) is 6.12. The van der Waals surface area contributed by atoms with Crippen molar-refractivity contribution in [2.75, 3.05) is 0 Å². The molecular formula is C20H18N2O. The maximum absolute atomic E-state index is 6.09. The van der Waals surface area contributed by atoms with Crippen LogP contribution < -0.4 is 0 Å². The first-order valence-electron chi connectivity index (χ1n) is 7.87. The zero-order chi connectivity index (χ0) is 16.0. The number of pyridine rings is 2. The number of furan rings is 1. The molecule has 0 unspecified atom stereocenters. The molecule has 0 radical (unpaired) electrons. The number of nitrogens with zero attached hydrogens (tertiary/aromatic N) is 2. The normalized spacial score (nSPS) is 11.7. The molecular weight excluding hydrogens is 284 g/mol. The third-order valence-corrected chi connectivity index (χ3v) is 4.36. The van der Waals surface area contributed by atoms with Crippen molar-refractivity contribution < 1.29 is 4.42 Å². The minimum atomic E-state index is 0.478. The number of hydrogen-bond acceptors (Lipinski definition) is 3. The van der Waals surface area contributed by atoms with E-state index in [1.54, 1.807) is 12.4 Å². The van der Waals surface area contributed by atoms with Crippen LogP contribution in [-0.4, -0.2) is 9.97 Å². The van der Waals surface area contributed by atoms with E-state index >= 15 is 0 Å².